The number of benzene rings is 2. The number of carbonyl (C=O) groups is 3. The van der Waals surface area contributed by atoms with E-state index in [9.17, 15) is 14.4 Å². The largest absolute Gasteiger partial charge is 0.449 e. The van der Waals surface area contributed by atoms with Gasteiger partial charge >= 0.3 is 6.09 Å². The third-order valence-electron chi connectivity index (χ3n) is 7.39. The normalized spacial score (nSPS) is 12.4. The van der Waals surface area contributed by atoms with E-state index in [0.717, 1.165) is 86.3 Å². The highest BCUT2D eigenvalue weighted by atomic mass is 16.5. The van der Waals surface area contributed by atoms with Crippen molar-refractivity contribution >= 4 is 17.8 Å². The molecular weight excluding hydrogens is 600 g/mol. The molecule has 264 valence electrons. The van der Waals surface area contributed by atoms with Gasteiger partial charge in [-0.05, 0) is 66.3 Å². The highest BCUT2D eigenvalue weighted by Gasteiger charge is 2.32. The molecule has 1 aliphatic rings. The zero-order valence-electron chi connectivity index (χ0n) is 29.5. The van der Waals surface area contributed by atoms with Gasteiger partial charge in [0.15, 0.2) is 5.78 Å². The number of aliphatic hydroxyl groups is 1. The number of hydrogen-bond acceptors (Lipinski definition) is 8. The van der Waals surface area contributed by atoms with Crippen LogP contribution in [-0.2, 0) is 30.2 Å². The first-order valence-electron chi connectivity index (χ1n) is 16.9. The fourth-order valence-corrected chi connectivity index (χ4v) is 4.97. The number of carbonyl (C=O) groups excluding carboxylic acids is 3. The molecule has 3 N–H and O–H groups in total. The Morgan fingerprint density at radius 1 is 0.872 bits per heavy atom. The monoisotopic (exact) mass is 658 g/mol. The molecule has 0 aromatic heterocycles. The van der Waals surface area contributed by atoms with Crippen molar-refractivity contribution in [3.63, 3.8) is 0 Å². The summed E-state index contributed by atoms with van der Waals surface area (Å²) in [5, 5.41) is 13.7. The van der Waals surface area contributed by atoms with E-state index in [-0.39, 0.29) is 30.8 Å². The number of aliphatic hydroxyl groups excluding tert-OH is 1. The lowest BCUT2D eigenvalue weighted by atomic mass is 9.94. The molecule has 2 aromatic carbocycles. The van der Waals surface area contributed by atoms with Gasteiger partial charge in [-0.3, -0.25) is 9.59 Å². The molecule has 0 fully saturated rings. The predicted octanol–water partition coefficient (Wildman–Crippen LogP) is 6.06. The Labute approximate surface area is 281 Å². The van der Waals surface area contributed by atoms with Crippen LogP contribution in [0.15, 0.2) is 36.4 Å². The zero-order chi connectivity index (χ0) is 34.9. The molecule has 0 aliphatic heterocycles. The van der Waals surface area contributed by atoms with Gasteiger partial charge < -0.3 is 34.7 Å². The third kappa shape index (κ3) is 15.4. The van der Waals surface area contributed by atoms with Crippen LogP contribution in [0, 0.1) is 0 Å². The second-order valence-corrected chi connectivity index (χ2v) is 11.1. The number of nitrogens with one attached hydrogen (secondary N) is 2. The highest BCUT2D eigenvalue weighted by molar-refractivity contribution is 6.04. The van der Waals surface area contributed by atoms with Crippen LogP contribution in [0.1, 0.15) is 98.7 Å². The van der Waals surface area contributed by atoms with Crippen LogP contribution in [0.4, 0.5) is 4.79 Å². The Morgan fingerprint density at radius 2 is 1.62 bits per heavy atom. The minimum Gasteiger partial charge on any atom is -0.449 e. The van der Waals surface area contributed by atoms with Crippen LogP contribution in [-0.4, -0.2) is 90.3 Å². The molecule has 2 amide bonds. The van der Waals surface area contributed by atoms with Crippen molar-refractivity contribution in [3.8, 4) is 11.1 Å². The molecule has 0 saturated heterocycles. The van der Waals surface area contributed by atoms with Gasteiger partial charge in [0.2, 0.25) is 5.91 Å². The number of fused-ring (bicyclic) bond motifs is 3. The summed E-state index contributed by atoms with van der Waals surface area (Å²) in [7, 11) is 4.91. The summed E-state index contributed by atoms with van der Waals surface area (Å²) in [5.74, 6) is -0.0194. The molecule has 1 unspecified atom stereocenters. The maximum Gasteiger partial charge on any atom is 0.406 e. The van der Waals surface area contributed by atoms with E-state index in [0.29, 0.717) is 31.4 Å². The number of aryl methyl sites for hydroxylation is 1. The minimum atomic E-state index is -0.487. The molecule has 0 bridgehead atoms. The van der Waals surface area contributed by atoms with Crippen LogP contribution < -0.4 is 10.6 Å². The molecular formula is C37H58N2O8. The first-order valence-corrected chi connectivity index (χ1v) is 16.9. The second kappa shape index (κ2) is 25.7. The first kappa shape index (κ1) is 41.7. The quantitative estimate of drug-likeness (QED) is 0.123. The van der Waals surface area contributed by atoms with Crippen molar-refractivity contribution in [1.82, 2.24) is 10.6 Å². The molecule has 10 heteroatoms. The molecule has 0 radical (unpaired) electrons. The number of hydrogen-bond donors (Lipinski definition) is 3. The maximum absolute atomic E-state index is 12.6. The van der Waals surface area contributed by atoms with Crippen LogP contribution in [0.5, 0.6) is 0 Å². The molecule has 1 aliphatic carbocycles. The zero-order valence-corrected chi connectivity index (χ0v) is 29.5. The summed E-state index contributed by atoms with van der Waals surface area (Å²) in [4.78, 5) is 36.3. The van der Waals surface area contributed by atoms with Gasteiger partial charge in [-0.25, -0.2) is 4.79 Å². The van der Waals surface area contributed by atoms with Crippen molar-refractivity contribution in [3.05, 3.63) is 58.7 Å². The number of Topliss-reactive ketones (excluding diaryl/α,β-unsaturated/α-hetero) is 1. The molecule has 0 heterocycles. The number of unbranched alkanes of at least 4 members (excludes halogenated alkanes) is 1. The topological polar surface area (TPSA) is 132 Å². The van der Waals surface area contributed by atoms with E-state index in [2.05, 4.69) is 23.6 Å². The lowest BCUT2D eigenvalue weighted by Gasteiger charge is -2.15. The van der Waals surface area contributed by atoms with Crippen molar-refractivity contribution in [2.24, 2.45) is 0 Å². The smallest absolute Gasteiger partial charge is 0.406 e. The Hall–Kier alpha value is -3.31. The average molecular weight is 659 g/mol. The summed E-state index contributed by atoms with van der Waals surface area (Å²) >= 11 is 0. The van der Waals surface area contributed by atoms with Gasteiger partial charge in [-0.1, -0.05) is 57.2 Å². The lowest BCUT2D eigenvalue weighted by molar-refractivity contribution is -0.121. The van der Waals surface area contributed by atoms with E-state index >= 15 is 0 Å². The number of alkyl carbamates (subject to hydrolysis) is 1. The summed E-state index contributed by atoms with van der Waals surface area (Å²) in [6, 6.07) is 11.9. The van der Waals surface area contributed by atoms with Gasteiger partial charge in [0.05, 0.1) is 0 Å². The van der Waals surface area contributed by atoms with Crippen LogP contribution in [0.3, 0.4) is 0 Å². The molecule has 3 rings (SSSR count). The van der Waals surface area contributed by atoms with Gasteiger partial charge in [0.25, 0.3) is 0 Å². The third-order valence-corrected chi connectivity index (χ3v) is 7.39. The number of ketones is 1. The Morgan fingerprint density at radius 3 is 2.23 bits per heavy atom. The Balaban J connectivity index is 0.000000569. The standard InChI is InChI=1S/C25H30N2O4.C7H16O2.C5H12O2/c1-4-13-27-23(29)12-10-16-9-11-18-20(14-16)21(15-31-25(30)26-3)17-7-6-8-19(24(17)18)22(28)5-2;1-2-6-9-7-4-3-5-8;1-6-4-3-5-7-2/h6-9,11,14,21H,4-5,10,12-13,15H2,1-3H3,(H,26,30)(H,27,29);8H,2-7H2,1H3;3-5H2,1-2H3. The van der Waals surface area contributed by atoms with E-state index in [4.69, 9.17) is 24.1 Å². The first-order chi connectivity index (χ1) is 22.8. The Bertz CT molecular complexity index is 1180. The maximum atomic E-state index is 12.6. The van der Waals surface area contributed by atoms with Crippen LogP contribution in [0.2, 0.25) is 0 Å². The van der Waals surface area contributed by atoms with E-state index in [1.54, 1.807) is 14.2 Å². The second-order valence-electron chi connectivity index (χ2n) is 11.1. The fraction of sp³-hybridized carbons (Fsp3) is 0.595. The van der Waals surface area contributed by atoms with Gasteiger partial charge in [0.1, 0.15) is 6.61 Å². The molecule has 2 aromatic rings. The molecule has 10 nitrogen and oxygen atoms in total. The van der Waals surface area contributed by atoms with Crippen molar-refractivity contribution in [1.29, 1.82) is 0 Å². The molecule has 0 saturated carbocycles. The Kier molecular flexibility index (Phi) is 22.8. The summed E-state index contributed by atoms with van der Waals surface area (Å²) < 4.78 is 20.1. The summed E-state index contributed by atoms with van der Waals surface area (Å²) in [6.07, 6.45) is 5.82. The van der Waals surface area contributed by atoms with Crippen LogP contribution in [0.25, 0.3) is 11.1 Å². The SMILES string of the molecule is CCCNC(=O)CCc1ccc2c(c1)C(COC(=O)NC)c1cccc(C(=O)CC)c1-2.CCCOCCCCO.COCCCOC. The molecule has 47 heavy (non-hydrogen) atoms. The number of rotatable bonds is 19. The van der Waals surface area contributed by atoms with Gasteiger partial charge in [-0.15, -0.1) is 0 Å². The average Bonchev–Trinajstić information content (AvgIpc) is 3.41. The highest BCUT2D eigenvalue weighted by Crippen LogP contribution is 2.47. The van der Waals surface area contributed by atoms with E-state index in [1.807, 2.05) is 44.2 Å². The number of amides is 2. The fourth-order valence-electron chi connectivity index (χ4n) is 4.97. The number of methoxy groups -OCH3 is 2. The van der Waals surface area contributed by atoms with Crippen molar-refractivity contribution in [2.45, 2.75) is 78.1 Å². The van der Waals surface area contributed by atoms with Crippen LogP contribution >= 0.6 is 0 Å². The van der Waals surface area contributed by atoms with E-state index in [1.165, 1.54) is 7.05 Å². The van der Waals surface area contributed by atoms with Gasteiger partial charge in [0, 0.05) is 85.2 Å². The number of ether oxygens (including phenoxy) is 4. The van der Waals surface area contributed by atoms with Crippen molar-refractivity contribution < 1.29 is 38.4 Å². The predicted molar refractivity (Wildman–Crippen MR) is 186 cm³/mol. The molecule has 1 atom stereocenters. The molecule has 0 spiro atoms. The summed E-state index contributed by atoms with van der Waals surface area (Å²) in [6.45, 7) is 10.4. The van der Waals surface area contributed by atoms with Crippen molar-refractivity contribution in [2.75, 3.05) is 67.5 Å². The minimum absolute atomic E-state index is 0.0426. The van der Waals surface area contributed by atoms with Gasteiger partial charge in [-0.2, -0.15) is 0 Å². The lowest BCUT2D eigenvalue weighted by Crippen LogP contribution is -2.24. The summed E-state index contributed by atoms with van der Waals surface area (Å²) in [5.41, 5.74) is 5.71. The van der Waals surface area contributed by atoms with E-state index < -0.39 is 6.09 Å².